The van der Waals surface area contributed by atoms with E-state index in [1.54, 1.807) is 11.1 Å². The number of hydrogen-bond donors (Lipinski definition) is 0. The molecule has 112 valence electrons. The second kappa shape index (κ2) is 6.88. The van der Waals surface area contributed by atoms with Crippen molar-refractivity contribution in [3.63, 3.8) is 0 Å². The van der Waals surface area contributed by atoms with Gasteiger partial charge < -0.3 is 14.4 Å². The minimum absolute atomic E-state index is 0.207. The molecule has 1 amide bonds. The smallest absolute Gasteiger partial charge is 0.222 e. The Morgan fingerprint density at radius 2 is 2.15 bits per heavy atom. The second-order valence-corrected chi connectivity index (χ2v) is 5.83. The van der Waals surface area contributed by atoms with Crippen LogP contribution in [-0.2, 0) is 18.4 Å². The van der Waals surface area contributed by atoms with Crippen LogP contribution in [0.25, 0.3) is 0 Å². The lowest BCUT2D eigenvalue weighted by Crippen LogP contribution is -2.33. The molecule has 0 radical (unpaired) electrons. The molecule has 20 heavy (non-hydrogen) atoms. The molecule has 1 atom stereocenters. The average Bonchev–Trinajstić information content (AvgIpc) is 3.08. The van der Waals surface area contributed by atoms with Crippen molar-refractivity contribution in [2.24, 2.45) is 7.05 Å². The minimum Gasteiger partial charge on any atom is -0.338 e. The molecule has 2 heterocycles. The molecule has 1 aliphatic heterocycles. The van der Waals surface area contributed by atoms with Crippen LogP contribution in [0.15, 0.2) is 12.4 Å². The van der Waals surface area contributed by atoms with E-state index in [0.717, 1.165) is 12.2 Å². The van der Waals surface area contributed by atoms with Gasteiger partial charge in [0.1, 0.15) is 5.82 Å². The van der Waals surface area contributed by atoms with E-state index >= 15 is 0 Å². The third-order valence-electron chi connectivity index (χ3n) is 4.27. The maximum Gasteiger partial charge on any atom is 0.222 e. The Bertz CT molecular complexity index is 437. The summed E-state index contributed by atoms with van der Waals surface area (Å²) in [5, 5.41) is 0. The van der Waals surface area contributed by atoms with Crippen LogP contribution < -0.4 is 0 Å². The Morgan fingerprint density at radius 3 is 2.75 bits per heavy atom. The number of imidazole rings is 1. The van der Waals surface area contributed by atoms with E-state index in [-0.39, 0.29) is 5.91 Å². The fourth-order valence-corrected chi connectivity index (χ4v) is 2.74. The van der Waals surface area contributed by atoms with E-state index in [0.29, 0.717) is 19.0 Å². The predicted octanol–water partition coefficient (Wildman–Crippen LogP) is 1.64. The average molecular weight is 278 g/mol. The maximum atomic E-state index is 12.2. The van der Waals surface area contributed by atoms with Gasteiger partial charge in [0, 0.05) is 39.0 Å². The van der Waals surface area contributed by atoms with E-state index in [4.69, 9.17) is 0 Å². The van der Waals surface area contributed by atoms with Gasteiger partial charge in [0.2, 0.25) is 5.91 Å². The highest BCUT2D eigenvalue weighted by Gasteiger charge is 2.19. The van der Waals surface area contributed by atoms with Crippen molar-refractivity contribution in [1.29, 1.82) is 0 Å². The van der Waals surface area contributed by atoms with Crippen molar-refractivity contribution in [2.75, 3.05) is 20.1 Å². The van der Waals surface area contributed by atoms with Gasteiger partial charge in [-0.2, -0.15) is 0 Å². The molecule has 0 N–H and O–H groups in total. The lowest BCUT2D eigenvalue weighted by molar-refractivity contribution is -0.130. The van der Waals surface area contributed by atoms with Gasteiger partial charge in [-0.05, 0) is 39.3 Å². The molecule has 0 bridgehead atoms. The number of nitrogens with zero attached hydrogens (tertiary/aromatic N) is 4. The standard InChI is InChI=1S/C15H26N4O/c1-13(19-9-4-5-10-19)6-7-15(20)18(3)12-14-16-8-11-17(14)2/h8,11,13H,4-7,9-10,12H2,1-3H3. The fourth-order valence-electron chi connectivity index (χ4n) is 2.74. The van der Waals surface area contributed by atoms with Gasteiger partial charge in [0.15, 0.2) is 0 Å². The number of carbonyl (C=O) groups excluding carboxylic acids is 1. The first-order chi connectivity index (χ1) is 9.58. The van der Waals surface area contributed by atoms with Gasteiger partial charge >= 0.3 is 0 Å². The van der Waals surface area contributed by atoms with Gasteiger partial charge in [-0.3, -0.25) is 4.79 Å². The summed E-state index contributed by atoms with van der Waals surface area (Å²) in [6.45, 7) is 5.20. The number of aryl methyl sites for hydroxylation is 1. The first kappa shape index (κ1) is 15.0. The summed E-state index contributed by atoms with van der Waals surface area (Å²) in [6, 6.07) is 0.517. The summed E-state index contributed by atoms with van der Waals surface area (Å²) in [7, 11) is 3.81. The number of hydrogen-bond acceptors (Lipinski definition) is 3. The zero-order valence-electron chi connectivity index (χ0n) is 12.9. The number of aromatic nitrogens is 2. The van der Waals surface area contributed by atoms with E-state index < -0.39 is 0 Å². The van der Waals surface area contributed by atoms with Crippen molar-refractivity contribution < 1.29 is 4.79 Å². The molecule has 0 saturated carbocycles. The van der Waals surface area contributed by atoms with Crippen molar-refractivity contribution in [3.05, 3.63) is 18.2 Å². The SMILES string of the molecule is CC(CCC(=O)N(C)Cc1nccn1C)N1CCCC1. The first-order valence-electron chi connectivity index (χ1n) is 7.52. The molecule has 0 aromatic carbocycles. The van der Waals surface area contributed by atoms with Gasteiger partial charge in [-0.15, -0.1) is 0 Å². The van der Waals surface area contributed by atoms with Crippen LogP contribution in [0, 0.1) is 0 Å². The Balaban J connectivity index is 1.75. The molecule has 0 aliphatic carbocycles. The Hall–Kier alpha value is -1.36. The highest BCUT2D eigenvalue weighted by molar-refractivity contribution is 5.75. The monoisotopic (exact) mass is 278 g/mol. The molecule has 5 heteroatoms. The summed E-state index contributed by atoms with van der Waals surface area (Å²) in [5.74, 6) is 1.13. The lowest BCUT2D eigenvalue weighted by atomic mass is 10.1. The van der Waals surface area contributed by atoms with Crippen LogP contribution in [0.3, 0.4) is 0 Å². The Labute approximate surface area is 121 Å². The zero-order chi connectivity index (χ0) is 14.5. The van der Waals surface area contributed by atoms with Gasteiger partial charge in [0.25, 0.3) is 0 Å². The summed E-state index contributed by atoms with van der Waals surface area (Å²) < 4.78 is 1.95. The number of likely N-dealkylation sites (tertiary alicyclic amines) is 1. The highest BCUT2D eigenvalue weighted by atomic mass is 16.2. The largest absolute Gasteiger partial charge is 0.338 e. The van der Waals surface area contributed by atoms with Gasteiger partial charge in [-0.1, -0.05) is 0 Å². The van der Waals surface area contributed by atoms with Crippen molar-refractivity contribution in [1.82, 2.24) is 19.4 Å². The minimum atomic E-state index is 0.207. The van der Waals surface area contributed by atoms with E-state index in [1.165, 1.54) is 25.9 Å². The third kappa shape index (κ3) is 3.82. The van der Waals surface area contributed by atoms with Crippen LogP contribution in [0.1, 0.15) is 38.4 Å². The summed E-state index contributed by atoms with van der Waals surface area (Å²) >= 11 is 0. The molecule has 1 saturated heterocycles. The van der Waals surface area contributed by atoms with Crippen LogP contribution in [0.2, 0.25) is 0 Å². The second-order valence-electron chi connectivity index (χ2n) is 5.83. The van der Waals surface area contributed by atoms with Crippen LogP contribution >= 0.6 is 0 Å². The van der Waals surface area contributed by atoms with Crippen molar-refractivity contribution in [2.45, 2.75) is 45.2 Å². The number of rotatable bonds is 6. The zero-order valence-corrected chi connectivity index (χ0v) is 12.9. The molecule has 1 aromatic heterocycles. The molecule has 0 spiro atoms. The van der Waals surface area contributed by atoms with Gasteiger partial charge in [-0.25, -0.2) is 4.98 Å². The number of amides is 1. The van der Waals surface area contributed by atoms with E-state index in [2.05, 4.69) is 16.8 Å². The molecule has 2 rings (SSSR count). The van der Waals surface area contributed by atoms with Crippen LogP contribution in [0.5, 0.6) is 0 Å². The summed E-state index contributed by atoms with van der Waals surface area (Å²) in [4.78, 5) is 20.7. The van der Waals surface area contributed by atoms with Crippen molar-refractivity contribution in [3.8, 4) is 0 Å². The predicted molar refractivity (Wildman–Crippen MR) is 79.2 cm³/mol. The Morgan fingerprint density at radius 1 is 1.45 bits per heavy atom. The topological polar surface area (TPSA) is 41.4 Å². The van der Waals surface area contributed by atoms with Crippen molar-refractivity contribution >= 4 is 5.91 Å². The van der Waals surface area contributed by atoms with E-state index in [9.17, 15) is 4.79 Å². The summed E-state index contributed by atoms with van der Waals surface area (Å²) in [5.41, 5.74) is 0. The maximum absolute atomic E-state index is 12.2. The first-order valence-corrected chi connectivity index (χ1v) is 7.52. The molecule has 1 aliphatic rings. The summed E-state index contributed by atoms with van der Waals surface area (Å²) in [6.07, 6.45) is 7.85. The van der Waals surface area contributed by atoms with Crippen LogP contribution in [0.4, 0.5) is 0 Å². The number of carbonyl (C=O) groups is 1. The fraction of sp³-hybridized carbons (Fsp3) is 0.733. The molecular formula is C15H26N4O. The lowest BCUT2D eigenvalue weighted by Gasteiger charge is -2.24. The Kier molecular flexibility index (Phi) is 5.17. The van der Waals surface area contributed by atoms with E-state index in [1.807, 2.05) is 24.9 Å². The third-order valence-corrected chi connectivity index (χ3v) is 4.27. The quantitative estimate of drug-likeness (QED) is 0.794. The molecule has 1 unspecified atom stereocenters. The molecule has 5 nitrogen and oxygen atoms in total. The molecular weight excluding hydrogens is 252 g/mol. The normalized spacial score (nSPS) is 17.4. The molecule has 1 aromatic rings. The van der Waals surface area contributed by atoms with Crippen LogP contribution in [-0.4, -0.2) is 51.4 Å². The van der Waals surface area contributed by atoms with Gasteiger partial charge in [0.05, 0.1) is 6.54 Å². The highest BCUT2D eigenvalue weighted by Crippen LogP contribution is 2.15. The molecule has 1 fully saturated rings.